The first-order valence-corrected chi connectivity index (χ1v) is 5.62. The maximum atomic E-state index is 11.1. The summed E-state index contributed by atoms with van der Waals surface area (Å²) < 4.78 is 0. The van der Waals surface area contributed by atoms with Crippen LogP contribution in [0.3, 0.4) is 0 Å². The Balaban J connectivity index is 2.50. The predicted octanol–water partition coefficient (Wildman–Crippen LogP) is 2.24. The second kappa shape index (κ2) is 6.62. The maximum absolute atomic E-state index is 11.1. The normalized spacial score (nSPS) is 9.94. The molecule has 0 bridgehead atoms. The molecule has 1 aromatic carbocycles. The molecule has 0 aliphatic rings. The highest BCUT2D eigenvalue weighted by molar-refractivity contribution is 5.91. The van der Waals surface area contributed by atoms with Crippen LogP contribution in [-0.4, -0.2) is 17.4 Å². The van der Waals surface area contributed by atoms with E-state index in [0.29, 0.717) is 5.69 Å². The number of nitrogens with one attached hydrogen (secondary N) is 1. The monoisotopic (exact) mass is 236 g/mol. The fraction of sp³-hybridized carbons (Fsp3) is 0.417. The van der Waals surface area contributed by atoms with E-state index in [1.54, 1.807) is 12.1 Å². The molecule has 0 radical (unpaired) electrons. The van der Waals surface area contributed by atoms with Gasteiger partial charge in [-0.25, -0.2) is 0 Å². The second-order valence-corrected chi connectivity index (χ2v) is 3.84. The molecule has 1 rings (SSSR count). The number of benzene rings is 1. The van der Waals surface area contributed by atoms with Crippen molar-refractivity contribution in [2.24, 2.45) is 0 Å². The zero-order chi connectivity index (χ0) is 12.7. The van der Waals surface area contributed by atoms with Gasteiger partial charge >= 0.3 is 0 Å². The third-order valence-corrected chi connectivity index (χ3v) is 2.33. The minimum Gasteiger partial charge on any atom is -0.320 e. The van der Waals surface area contributed by atoms with Crippen molar-refractivity contribution in [3.8, 4) is 0 Å². The van der Waals surface area contributed by atoms with E-state index in [1.165, 1.54) is 5.56 Å². The Kier molecular flexibility index (Phi) is 5.13. The number of carbonyl (C=O) groups is 1. The quantitative estimate of drug-likeness (QED) is 0.608. The van der Waals surface area contributed by atoms with E-state index in [4.69, 9.17) is 0 Å². The molecule has 0 aromatic heterocycles. The molecule has 0 saturated carbocycles. The number of anilines is 1. The number of hydrogen-bond donors (Lipinski definition) is 1. The molecular formula is C12H16N2O3. The van der Waals surface area contributed by atoms with E-state index < -0.39 is 17.4 Å². The van der Waals surface area contributed by atoms with Crippen molar-refractivity contribution in [2.75, 3.05) is 11.9 Å². The van der Waals surface area contributed by atoms with Crippen molar-refractivity contribution in [3.05, 3.63) is 39.9 Å². The van der Waals surface area contributed by atoms with Gasteiger partial charge in [0.05, 0.1) is 0 Å². The number of nitro groups is 1. The van der Waals surface area contributed by atoms with Gasteiger partial charge in [0.1, 0.15) is 0 Å². The highest BCUT2D eigenvalue weighted by Crippen LogP contribution is 2.11. The number of unbranched alkanes of at least 4 members (excludes halogenated alkanes) is 1. The van der Waals surface area contributed by atoms with E-state index >= 15 is 0 Å². The fourth-order valence-electron chi connectivity index (χ4n) is 1.45. The molecule has 5 nitrogen and oxygen atoms in total. The zero-order valence-electron chi connectivity index (χ0n) is 9.81. The van der Waals surface area contributed by atoms with Crippen molar-refractivity contribution in [1.82, 2.24) is 0 Å². The summed E-state index contributed by atoms with van der Waals surface area (Å²) in [5.74, 6) is -0.601. The van der Waals surface area contributed by atoms with Gasteiger partial charge in [-0.2, -0.15) is 0 Å². The molecule has 5 heteroatoms. The second-order valence-electron chi connectivity index (χ2n) is 3.84. The molecule has 1 amide bonds. The standard InChI is InChI=1S/C12H16N2O3/c1-2-3-4-10-5-7-11(8-6-10)13-12(15)9-14(16)17/h5-8H,2-4,9H2,1H3,(H,13,15). The number of nitrogens with zero attached hydrogens (tertiary/aromatic N) is 1. The Hall–Kier alpha value is -1.91. The summed E-state index contributed by atoms with van der Waals surface area (Å²) in [5, 5.41) is 12.6. The molecule has 0 aliphatic carbocycles. The molecule has 1 aromatic rings. The summed E-state index contributed by atoms with van der Waals surface area (Å²) in [7, 11) is 0. The Labute approximate surface area is 100.0 Å². The Morgan fingerprint density at radius 1 is 1.35 bits per heavy atom. The van der Waals surface area contributed by atoms with Gasteiger partial charge in [-0.15, -0.1) is 0 Å². The molecule has 0 aliphatic heterocycles. The van der Waals surface area contributed by atoms with E-state index in [0.717, 1.165) is 19.3 Å². The lowest BCUT2D eigenvalue weighted by Gasteiger charge is -2.04. The van der Waals surface area contributed by atoms with E-state index in [2.05, 4.69) is 12.2 Å². The van der Waals surface area contributed by atoms with Crippen molar-refractivity contribution in [2.45, 2.75) is 26.2 Å². The van der Waals surface area contributed by atoms with Gasteiger partial charge in [-0.3, -0.25) is 14.9 Å². The third-order valence-electron chi connectivity index (χ3n) is 2.33. The van der Waals surface area contributed by atoms with Gasteiger partial charge in [-0.1, -0.05) is 25.5 Å². The summed E-state index contributed by atoms with van der Waals surface area (Å²) in [6.07, 6.45) is 3.29. The highest BCUT2D eigenvalue weighted by atomic mass is 16.6. The summed E-state index contributed by atoms with van der Waals surface area (Å²) >= 11 is 0. The smallest absolute Gasteiger partial charge is 0.296 e. The predicted molar refractivity (Wildman–Crippen MR) is 65.5 cm³/mol. The molecule has 92 valence electrons. The van der Waals surface area contributed by atoms with Gasteiger partial charge in [0, 0.05) is 10.6 Å². The van der Waals surface area contributed by atoms with Crippen LogP contribution in [0, 0.1) is 10.1 Å². The minimum atomic E-state index is -0.697. The van der Waals surface area contributed by atoms with E-state index in [9.17, 15) is 14.9 Å². The van der Waals surface area contributed by atoms with Crippen molar-refractivity contribution < 1.29 is 9.72 Å². The topological polar surface area (TPSA) is 72.2 Å². The summed E-state index contributed by atoms with van der Waals surface area (Å²) in [6.45, 7) is 1.43. The summed E-state index contributed by atoms with van der Waals surface area (Å²) in [4.78, 5) is 20.6. The van der Waals surface area contributed by atoms with Crippen LogP contribution in [0.4, 0.5) is 5.69 Å². The molecular weight excluding hydrogens is 220 g/mol. The van der Waals surface area contributed by atoms with Crippen LogP contribution < -0.4 is 5.32 Å². The van der Waals surface area contributed by atoms with Crippen molar-refractivity contribution in [3.63, 3.8) is 0 Å². The number of rotatable bonds is 6. The van der Waals surface area contributed by atoms with Gasteiger partial charge in [0.25, 0.3) is 12.5 Å². The molecule has 0 fully saturated rings. The first kappa shape index (κ1) is 13.2. The van der Waals surface area contributed by atoms with Crippen molar-refractivity contribution in [1.29, 1.82) is 0 Å². The minimum absolute atomic E-state index is 0.595. The lowest BCUT2D eigenvalue weighted by atomic mass is 10.1. The lowest BCUT2D eigenvalue weighted by molar-refractivity contribution is -0.467. The third kappa shape index (κ3) is 5.10. The fourth-order valence-corrected chi connectivity index (χ4v) is 1.45. The number of carbonyl (C=O) groups excluding carboxylic acids is 1. The van der Waals surface area contributed by atoms with Crippen LogP contribution in [0.2, 0.25) is 0 Å². The number of aryl methyl sites for hydroxylation is 1. The van der Waals surface area contributed by atoms with Crippen LogP contribution in [0.5, 0.6) is 0 Å². The van der Waals surface area contributed by atoms with Gasteiger partial charge in [0.2, 0.25) is 0 Å². The van der Waals surface area contributed by atoms with Gasteiger partial charge in [-0.05, 0) is 30.5 Å². The van der Waals surface area contributed by atoms with Crippen LogP contribution in [0.15, 0.2) is 24.3 Å². The summed E-state index contributed by atoms with van der Waals surface area (Å²) in [5.41, 5.74) is 1.80. The van der Waals surface area contributed by atoms with Crippen LogP contribution in [0.25, 0.3) is 0 Å². The molecule has 0 saturated heterocycles. The van der Waals surface area contributed by atoms with Crippen LogP contribution in [0.1, 0.15) is 25.3 Å². The highest BCUT2D eigenvalue weighted by Gasteiger charge is 2.08. The maximum Gasteiger partial charge on any atom is 0.296 e. The van der Waals surface area contributed by atoms with Crippen LogP contribution >= 0.6 is 0 Å². The van der Waals surface area contributed by atoms with E-state index in [1.807, 2.05) is 12.1 Å². The number of amides is 1. The van der Waals surface area contributed by atoms with Gasteiger partial charge < -0.3 is 5.32 Å². The van der Waals surface area contributed by atoms with Crippen molar-refractivity contribution >= 4 is 11.6 Å². The molecule has 1 N–H and O–H groups in total. The Morgan fingerprint density at radius 3 is 2.53 bits per heavy atom. The lowest BCUT2D eigenvalue weighted by Crippen LogP contribution is -2.21. The molecule has 17 heavy (non-hydrogen) atoms. The van der Waals surface area contributed by atoms with Gasteiger partial charge in [0.15, 0.2) is 0 Å². The zero-order valence-corrected chi connectivity index (χ0v) is 9.81. The average molecular weight is 236 g/mol. The molecule has 0 atom stereocenters. The molecule has 0 spiro atoms. The first-order valence-electron chi connectivity index (χ1n) is 5.62. The van der Waals surface area contributed by atoms with Crippen LogP contribution in [-0.2, 0) is 11.2 Å². The number of hydrogen-bond acceptors (Lipinski definition) is 3. The largest absolute Gasteiger partial charge is 0.320 e. The first-order chi connectivity index (χ1) is 8.11. The Morgan fingerprint density at radius 2 is 2.00 bits per heavy atom. The molecule has 0 unspecified atom stereocenters. The summed E-state index contributed by atoms with van der Waals surface area (Å²) in [6, 6.07) is 7.39. The average Bonchev–Trinajstić information content (AvgIpc) is 2.27. The molecule has 0 heterocycles. The Bertz CT molecular complexity index is 387. The SMILES string of the molecule is CCCCc1ccc(NC(=O)C[N+](=O)[O-])cc1. The van der Waals surface area contributed by atoms with E-state index in [-0.39, 0.29) is 0 Å².